The third-order valence-electron chi connectivity index (χ3n) is 5.98. The fourth-order valence-electron chi connectivity index (χ4n) is 4.19. The Morgan fingerprint density at radius 3 is 2.51 bits per heavy atom. The summed E-state index contributed by atoms with van der Waals surface area (Å²) in [7, 11) is 0. The lowest BCUT2D eigenvalue weighted by Crippen LogP contribution is -2.42. The van der Waals surface area contributed by atoms with E-state index in [-0.39, 0.29) is 17.5 Å². The van der Waals surface area contributed by atoms with Gasteiger partial charge in [0.2, 0.25) is 5.91 Å². The second kappa shape index (κ2) is 8.96. The number of nitrogens with zero attached hydrogens (tertiary/aromatic N) is 7. The molecule has 0 saturated carbocycles. The van der Waals surface area contributed by atoms with E-state index in [4.69, 9.17) is 0 Å². The van der Waals surface area contributed by atoms with Gasteiger partial charge in [0.15, 0.2) is 11.5 Å². The van der Waals surface area contributed by atoms with Gasteiger partial charge < -0.3 is 10.2 Å². The van der Waals surface area contributed by atoms with Crippen molar-refractivity contribution in [1.29, 1.82) is 0 Å². The lowest BCUT2D eigenvalue weighted by Gasteiger charge is -2.32. The molecular weight excluding hydrogens is 463 g/mol. The minimum atomic E-state index is -4.66. The van der Waals surface area contributed by atoms with Crippen LogP contribution in [-0.4, -0.2) is 54.0 Å². The molecule has 1 fully saturated rings. The highest BCUT2D eigenvalue weighted by atomic mass is 19.4. The van der Waals surface area contributed by atoms with Crippen molar-refractivity contribution in [3.05, 3.63) is 65.5 Å². The average molecular weight is 485 g/mol. The summed E-state index contributed by atoms with van der Waals surface area (Å²) in [6.45, 7) is 2.73. The number of aromatic nitrogens is 7. The van der Waals surface area contributed by atoms with Gasteiger partial charge in [0.05, 0.1) is 0 Å². The van der Waals surface area contributed by atoms with Gasteiger partial charge in [-0.15, -0.1) is 15.3 Å². The Morgan fingerprint density at radius 2 is 1.86 bits per heavy atom. The molecule has 1 aromatic carbocycles. The quantitative estimate of drug-likeness (QED) is 0.446. The highest BCUT2D eigenvalue weighted by Gasteiger charge is 2.38. The summed E-state index contributed by atoms with van der Waals surface area (Å²) in [5.41, 5.74) is 0.883. The number of benzene rings is 1. The van der Waals surface area contributed by atoms with Crippen LogP contribution >= 0.6 is 0 Å². The first-order valence-electron chi connectivity index (χ1n) is 11.1. The lowest BCUT2D eigenvalue weighted by atomic mass is 9.95. The van der Waals surface area contributed by atoms with Crippen molar-refractivity contribution in [2.45, 2.75) is 32.0 Å². The molecule has 1 aliphatic rings. The van der Waals surface area contributed by atoms with E-state index in [0.29, 0.717) is 47.9 Å². The minimum absolute atomic E-state index is 0.0181. The van der Waals surface area contributed by atoms with Gasteiger partial charge in [0.1, 0.15) is 17.7 Å². The van der Waals surface area contributed by atoms with Crippen molar-refractivity contribution in [2.75, 3.05) is 18.0 Å². The van der Waals surface area contributed by atoms with Crippen LogP contribution in [0.5, 0.6) is 0 Å². The lowest BCUT2D eigenvalue weighted by molar-refractivity contribution is -0.146. The normalized spacial score (nSPS) is 15.9. The number of rotatable bonds is 5. The molecule has 1 amide bonds. The molecule has 4 heterocycles. The van der Waals surface area contributed by atoms with Gasteiger partial charge in [-0.1, -0.05) is 30.3 Å². The van der Waals surface area contributed by atoms with Crippen LogP contribution in [0.25, 0.3) is 5.65 Å². The molecule has 3 aromatic heterocycles. The van der Waals surface area contributed by atoms with E-state index >= 15 is 0 Å². The number of aryl methyl sites for hydroxylation is 1. The zero-order chi connectivity index (χ0) is 24.6. The number of amides is 1. The standard InChI is InChI=1S/C22H22F3N9O/c1-13-26-19(30-28-13)18(14-5-3-2-4-6-14)27-20(35)15-9-11-33(12-10-15)17-8-7-16-29-31-21(22(23,24)25)34(16)32-17/h2-8,15,18H,9-12H2,1H3,(H,27,35)(H,26,28,30). The number of nitrogens with one attached hydrogen (secondary N) is 2. The van der Waals surface area contributed by atoms with Crippen molar-refractivity contribution in [3.8, 4) is 0 Å². The van der Waals surface area contributed by atoms with Crippen LogP contribution < -0.4 is 10.2 Å². The first kappa shape index (κ1) is 22.7. The second-order valence-electron chi connectivity index (χ2n) is 8.38. The fraction of sp³-hybridized carbons (Fsp3) is 0.364. The summed E-state index contributed by atoms with van der Waals surface area (Å²) in [4.78, 5) is 19.4. The Hall–Kier alpha value is -4.03. The number of fused-ring (bicyclic) bond motifs is 1. The maximum absolute atomic E-state index is 13.2. The fourth-order valence-corrected chi connectivity index (χ4v) is 4.19. The predicted octanol–water partition coefficient (Wildman–Crippen LogP) is 2.69. The summed E-state index contributed by atoms with van der Waals surface area (Å²) in [5, 5.41) is 21.0. The Morgan fingerprint density at radius 1 is 1.11 bits per heavy atom. The van der Waals surface area contributed by atoms with Crippen LogP contribution in [-0.2, 0) is 11.0 Å². The molecule has 0 aliphatic carbocycles. The van der Waals surface area contributed by atoms with Crippen LogP contribution in [0.3, 0.4) is 0 Å². The van der Waals surface area contributed by atoms with Crippen molar-refractivity contribution in [2.24, 2.45) is 5.92 Å². The van der Waals surface area contributed by atoms with Crippen molar-refractivity contribution < 1.29 is 18.0 Å². The molecule has 1 aliphatic heterocycles. The van der Waals surface area contributed by atoms with Crippen LogP contribution in [0.2, 0.25) is 0 Å². The number of hydrogen-bond acceptors (Lipinski definition) is 7. The van der Waals surface area contributed by atoms with E-state index in [2.05, 4.69) is 35.8 Å². The Bertz CT molecular complexity index is 1330. The average Bonchev–Trinajstić information content (AvgIpc) is 3.48. The van der Waals surface area contributed by atoms with Crippen LogP contribution in [0.4, 0.5) is 19.0 Å². The number of carbonyl (C=O) groups is 1. The molecule has 0 spiro atoms. The van der Waals surface area contributed by atoms with Gasteiger partial charge in [-0.3, -0.25) is 9.89 Å². The molecule has 1 saturated heterocycles. The van der Waals surface area contributed by atoms with E-state index < -0.39 is 18.0 Å². The maximum atomic E-state index is 13.2. The van der Waals surface area contributed by atoms with E-state index in [1.807, 2.05) is 35.2 Å². The number of halogens is 3. The first-order valence-corrected chi connectivity index (χ1v) is 11.1. The predicted molar refractivity (Wildman–Crippen MR) is 118 cm³/mol. The van der Waals surface area contributed by atoms with Crippen LogP contribution in [0, 0.1) is 12.8 Å². The summed E-state index contributed by atoms with van der Waals surface area (Å²) in [6.07, 6.45) is -3.62. The topological polar surface area (TPSA) is 117 Å². The van der Waals surface area contributed by atoms with Gasteiger partial charge in [-0.2, -0.15) is 22.8 Å². The molecule has 182 valence electrons. The highest BCUT2D eigenvalue weighted by Crippen LogP contribution is 2.29. The number of anilines is 1. The van der Waals surface area contributed by atoms with Gasteiger partial charge in [0, 0.05) is 19.0 Å². The number of piperidine rings is 1. The minimum Gasteiger partial charge on any atom is -0.355 e. The maximum Gasteiger partial charge on any atom is 0.453 e. The molecule has 1 unspecified atom stereocenters. The summed E-state index contributed by atoms with van der Waals surface area (Å²) in [5.74, 6) is -0.0525. The van der Waals surface area contributed by atoms with E-state index in [1.54, 1.807) is 13.0 Å². The molecule has 4 aromatic rings. The third-order valence-corrected chi connectivity index (χ3v) is 5.98. The van der Waals surface area contributed by atoms with E-state index in [1.165, 1.54) is 6.07 Å². The first-order chi connectivity index (χ1) is 16.8. The SMILES string of the molecule is Cc1nc(C(NC(=O)C2CCN(c3ccc4nnc(C(F)(F)F)n4n3)CC2)c2ccccc2)n[nH]1. The summed E-state index contributed by atoms with van der Waals surface area (Å²) < 4.78 is 40.3. The summed E-state index contributed by atoms with van der Waals surface area (Å²) in [6, 6.07) is 12.0. The molecule has 2 N–H and O–H groups in total. The smallest absolute Gasteiger partial charge is 0.355 e. The zero-order valence-corrected chi connectivity index (χ0v) is 18.7. The molecule has 10 nitrogen and oxygen atoms in total. The van der Waals surface area contributed by atoms with Crippen LogP contribution in [0.1, 0.15) is 41.9 Å². The number of hydrogen-bond donors (Lipinski definition) is 2. The largest absolute Gasteiger partial charge is 0.453 e. The van der Waals surface area contributed by atoms with Gasteiger partial charge in [0.25, 0.3) is 5.82 Å². The molecule has 35 heavy (non-hydrogen) atoms. The van der Waals surface area contributed by atoms with E-state index in [0.717, 1.165) is 5.56 Å². The summed E-state index contributed by atoms with van der Waals surface area (Å²) >= 11 is 0. The number of aromatic amines is 1. The van der Waals surface area contributed by atoms with Gasteiger partial charge in [-0.05, 0) is 37.5 Å². The highest BCUT2D eigenvalue weighted by molar-refractivity contribution is 5.79. The number of alkyl halides is 3. The monoisotopic (exact) mass is 485 g/mol. The van der Waals surface area contributed by atoms with Gasteiger partial charge in [-0.25, -0.2) is 4.98 Å². The Kier molecular flexibility index (Phi) is 5.83. The number of carbonyl (C=O) groups excluding carboxylic acids is 1. The van der Waals surface area contributed by atoms with E-state index in [9.17, 15) is 18.0 Å². The molecule has 0 radical (unpaired) electrons. The molecular formula is C22H22F3N9O. The van der Waals surface area contributed by atoms with Gasteiger partial charge >= 0.3 is 6.18 Å². The Balaban J connectivity index is 1.28. The number of H-pyrrole nitrogens is 1. The third kappa shape index (κ3) is 4.66. The Labute approximate surface area is 197 Å². The molecule has 5 rings (SSSR count). The van der Waals surface area contributed by atoms with Crippen molar-refractivity contribution in [1.82, 2.24) is 40.3 Å². The van der Waals surface area contributed by atoms with Crippen LogP contribution in [0.15, 0.2) is 42.5 Å². The second-order valence-corrected chi connectivity index (χ2v) is 8.38. The molecule has 1 atom stereocenters. The van der Waals surface area contributed by atoms with Crippen molar-refractivity contribution >= 4 is 17.4 Å². The zero-order valence-electron chi connectivity index (χ0n) is 18.7. The molecule has 0 bridgehead atoms. The van der Waals surface area contributed by atoms with Crippen molar-refractivity contribution in [3.63, 3.8) is 0 Å². The molecule has 13 heteroatoms.